The van der Waals surface area contributed by atoms with Crippen molar-refractivity contribution in [3.8, 4) is 22.9 Å². The molecule has 0 aliphatic carbocycles. The van der Waals surface area contributed by atoms with E-state index in [9.17, 15) is 9.90 Å². The standard InChI is InChI=1S/C23H19N3O3/c1-2-29-21-14-16(12-13-20(21)27)15-24-26-22(17-8-4-3-5-9-17)25-19-11-7-6-10-18(19)23(26)28/h3-15,27H,2H2,1H3/b24-15+. The van der Waals surface area contributed by atoms with Crippen LogP contribution >= 0.6 is 0 Å². The highest BCUT2D eigenvalue weighted by atomic mass is 16.5. The van der Waals surface area contributed by atoms with Crippen molar-refractivity contribution in [1.29, 1.82) is 0 Å². The number of phenols is 1. The van der Waals surface area contributed by atoms with Gasteiger partial charge in [0.15, 0.2) is 17.3 Å². The summed E-state index contributed by atoms with van der Waals surface area (Å²) in [4.78, 5) is 17.8. The lowest BCUT2D eigenvalue weighted by Gasteiger charge is -2.09. The molecule has 0 saturated carbocycles. The van der Waals surface area contributed by atoms with Gasteiger partial charge in [0.05, 0.1) is 23.7 Å². The molecule has 4 rings (SSSR count). The van der Waals surface area contributed by atoms with Crippen molar-refractivity contribution in [1.82, 2.24) is 9.66 Å². The molecule has 0 bridgehead atoms. The predicted molar refractivity (Wildman–Crippen MR) is 114 cm³/mol. The third-order valence-corrected chi connectivity index (χ3v) is 4.39. The van der Waals surface area contributed by atoms with E-state index in [4.69, 9.17) is 4.74 Å². The Labute approximate surface area is 167 Å². The lowest BCUT2D eigenvalue weighted by atomic mass is 10.2. The zero-order chi connectivity index (χ0) is 20.2. The van der Waals surface area contributed by atoms with Gasteiger partial charge in [-0.25, -0.2) is 4.98 Å². The van der Waals surface area contributed by atoms with Gasteiger partial charge in [0, 0.05) is 5.56 Å². The monoisotopic (exact) mass is 385 g/mol. The number of para-hydroxylation sites is 1. The van der Waals surface area contributed by atoms with Crippen LogP contribution < -0.4 is 10.3 Å². The highest BCUT2D eigenvalue weighted by Gasteiger charge is 2.12. The van der Waals surface area contributed by atoms with Gasteiger partial charge in [0.1, 0.15) is 0 Å². The third-order valence-electron chi connectivity index (χ3n) is 4.39. The summed E-state index contributed by atoms with van der Waals surface area (Å²) in [6.45, 7) is 2.27. The fraction of sp³-hybridized carbons (Fsp3) is 0.0870. The minimum absolute atomic E-state index is 0.0542. The van der Waals surface area contributed by atoms with Crippen LogP contribution in [0.15, 0.2) is 82.7 Å². The summed E-state index contributed by atoms with van der Waals surface area (Å²) in [5.41, 5.74) is 1.83. The molecule has 6 heteroatoms. The normalized spacial score (nSPS) is 11.2. The summed E-state index contributed by atoms with van der Waals surface area (Å²) in [7, 11) is 0. The first-order valence-corrected chi connectivity index (χ1v) is 9.25. The number of ether oxygens (including phenoxy) is 1. The van der Waals surface area contributed by atoms with Gasteiger partial charge in [-0.3, -0.25) is 4.79 Å². The summed E-state index contributed by atoms with van der Waals surface area (Å²) in [5, 5.41) is 14.8. The van der Waals surface area contributed by atoms with Crippen LogP contribution in [-0.2, 0) is 0 Å². The highest BCUT2D eigenvalue weighted by Crippen LogP contribution is 2.26. The fourth-order valence-electron chi connectivity index (χ4n) is 3.01. The lowest BCUT2D eigenvalue weighted by molar-refractivity contribution is 0.318. The third kappa shape index (κ3) is 3.73. The van der Waals surface area contributed by atoms with Gasteiger partial charge in [-0.1, -0.05) is 42.5 Å². The van der Waals surface area contributed by atoms with Gasteiger partial charge in [-0.05, 0) is 42.8 Å². The molecular formula is C23H19N3O3. The maximum Gasteiger partial charge on any atom is 0.282 e. The van der Waals surface area contributed by atoms with Crippen molar-refractivity contribution >= 4 is 17.1 Å². The van der Waals surface area contributed by atoms with Crippen LogP contribution in [-0.4, -0.2) is 27.6 Å². The van der Waals surface area contributed by atoms with E-state index in [1.54, 1.807) is 30.5 Å². The van der Waals surface area contributed by atoms with Gasteiger partial charge in [0.25, 0.3) is 5.56 Å². The number of rotatable bonds is 5. The van der Waals surface area contributed by atoms with Crippen LogP contribution in [0.3, 0.4) is 0 Å². The molecule has 0 atom stereocenters. The first-order valence-electron chi connectivity index (χ1n) is 9.25. The Bertz CT molecular complexity index is 1250. The molecule has 1 aromatic heterocycles. The van der Waals surface area contributed by atoms with Gasteiger partial charge < -0.3 is 9.84 Å². The van der Waals surface area contributed by atoms with Crippen LogP contribution in [0.4, 0.5) is 0 Å². The molecule has 6 nitrogen and oxygen atoms in total. The summed E-state index contributed by atoms with van der Waals surface area (Å²) in [6, 6.07) is 21.6. The Balaban J connectivity index is 1.86. The molecule has 4 aromatic rings. The van der Waals surface area contributed by atoms with Crippen molar-refractivity contribution in [2.75, 3.05) is 6.61 Å². The van der Waals surface area contributed by atoms with Crippen LogP contribution in [0, 0.1) is 0 Å². The maximum absolute atomic E-state index is 13.1. The second kappa shape index (κ2) is 7.98. The van der Waals surface area contributed by atoms with Crippen molar-refractivity contribution in [3.05, 3.63) is 88.7 Å². The largest absolute Gasteiger partial charge is 0.504 e. The zero-order valence-corrected chi connectivity index (χ0v) is 15.8. The zero-order valence-electron chi connectivity index (χ0n) is 15.8. The van der Waals surface area contributed by atoms with Crippen LogP contribution in [0.1, 0.15) is 12.5 Å². The average molecular weight is 385 g/mol. The molecule has 1 N–H and O–H groups in total. The van der Waals surface area contributed by atoms with Crippen LogP contribution in [0.5, 0.6) is 11.5 Å². The van der Waals surface area contributed by atoms with E-state index in [-0.39, 0.29) is 11.3 Å². The van der Waals surface area contributed by atoms with E-state index in [1.807, 2.05) is 49.4 Å². The summed E-state index contributed by atoms with van der Waals surface area (Å²) >= 11 is 0. The molecule has 1 heterocycles. The van der Waals surface area contributed by atoms with Crippen molar-refractivity contribution in [2.45, 2.75) is 6.92 Å². The van der Waals surface area contributed by atoms with Crippen molar-refractivity contribution in [3.63, 3.8) is 0 Å². The molecule has 0 saturated heterocycles. The van der Waals surface area contributed by atoms with E-state index < -0.39 is 0 Å². The number of aromatic hydroxyl groups is 1. The summed E-state index contributed by atoms with van der Waals surface area (Å²) in [5.74, 6) is 0.872. The van der Waals surface area contributed by atoms with Gasteiger partial charge in [-0.15, -0.1) is 0 Å². The topological polar surface area (TPSA) is 76.7 Å². The lowest BCUT2D eigenvalue weighted by Crippen LogP contribution is -2.20. The average Bonchev–Trinajstić information content (AvgIpc) is 2.76. The van der Waals surface area contributed by atoms with Gasteiger partial charge in [-0.2, -0.15) is 9.78 Å². The van der Waals surface area contributed by atoms with E-state index >= 15 is 0 Å². The molecule has 144 valence electrons. The Morgan fingerprint density at radius 2 is 1.83 bits per heavy atom. The number of hydrogen-bond acceptors (Lipinski definition) is 5. The molecule has 0 aliphatic rings. The number of fused-ring (bicyclic) bond motifs is 1. The van der Waals surface area contributed by atoms with Crippen LogP contribution in [0.2, 0.25) is 0 Å². The number of aromatic nitrogens is 2. The minimum atomic E-state index is -0.255. The number of nitrogens with zero attached hydrogens (tertiary/aromatic N) is 3. The molecule has 0 unspecified atom stereocenters. The number of phenolic OH excluding ortho intramolecular Hbond substituents is 1. The molecular weight excluding hydrogens is 366 g/mol. The smallest absolute Gasteiger partial charge is 0.282 e. The SMILES string of the molecule is CCOc1cc(/C=N/n2c(-c3ccccc3)nc3ccccc3c2=O)ccc1O. The van der Waals surface area contributed by atoms with Crippen molar-refractivity contribution < 1.29 is 9.84 Å². The van der Waals surface area contributed by atoms with E-state index in [2.05, 4.69) is 10.1 Å². The van der Waals surface area contributed by atoms with Gasteiger partial charge in [0.2, 0.25) is 0 Å². The molecule has 0 spiro atoms. The molecule has 0 aliphatic heterocycles. The van der Waals surface area contributed by atoms with Crippen LogP contribution in [0.25, 0.3) is 22.3 Å². The number of hydrogen-bond donors (Lipinski definition) is 1. The predicted octanol–water partition coefficient (Wildman–Crippen LogP) is 4.05. The molecule has 3 aromatic carbocycles. The second-order valence-electron chi connectivity index (χ2n) is 6.34. The van der Waals surface area contributed by atoms with E-state index in [0.29, 0.717) is 34.6 Å². The molecule has 0 fully saturated rings. The quantitative estimate of drug-likeness (QED) is 0.526. The summed E-state index contributed by atoms with van der Waals surface area (Å²) < 4.78 is 6.71. The molecule has 0 amide bonds. The number of benzene rings is 3. The highest BCUT2D eigenvalue weighted by molar-refractivity contribution is 5.82. The first-order chi connectivity index (χ1) is 14.2. The summed E-state index contributed by atoms with van der Waals surface area (Å²) in [6.07, 6.45) is 1.55. The Morgan fingerprint density at radius 3 is 2.62 bits per heavy atom. The molecule has 0 radical (unpaired) electrons. The van der Waals surface area contributed by atoms with Gasteiger partial charge >= 0.3 is 0 Å². The Kier molecular flexibility index (Phi) is 5.07. The Morgan fingerprint density at radius 1 is 1.07 bits per heavy atom. The van der Waals surface area contributed by atoms with E-state index in [0.717, 1.165) is 5.56 Å². The fourth-order valence-corrected chi connectivity index (χ4v) is 3.01. The Hall–Kier alpha value is -3.93. The first kappa shape index (κ1) is 18.4. The maximum atomic E-state index is 13.1. The second-order valence-corrected chi connectivity index (χ2v) is 6.34. The van der Waals surface area contributed by atoms with E-state index in [1.165, 1.54) is 10.7 Å². The molecule has 29 heavy (non-hydrogen) atoms. The van der Waals surface area contributed by atoms with Crippen molar-refractivity contribution in [2.24, 2.45) is 5.10 Å². The minimum Gasteiger partial charge on any atom is -0.504 e.